The van der Waals surface area contributed by atoms with Gasteiger partial charge in [0.2, 0.25) is 0 Å². The molecule has 0 aliphatic rings. The summed E-state index contributed by atoms with van der Waals surface area (Å²) in [6, 6.07) is 3.12. The number of fused-ring (bicyclic) bond motifs is 1. The van der Waals surface area contributed by atoms with Crippen molar-refractivity contribution >= 4 is 27.4 Å². The van der Waals surface area contributed by atoms with E-state index in [9.17, 15) is 9.90 Å². The van der Waals surface area contributed by atoms with Crippen molar-refractivity contribution < 1.29 is 15.0 Å². The molecule has 2 rings (SSSR count). The van der Waals surface area contributed by atoms with Crippen LogP contribution in [0.4, 0.5) is 0 Å². The number of carbonyl (C=O) groups is 1. The maximum atomic E-state index is 10.8. The van der Waals surface area contributed by atoms with Crippen molar-refractivity contribution in [3.8, 4) is 5.75 Å². The summed E-state index contributed by atoms with van der Waals surface area (Å²) < 4.78 is 0.917. The second-order valence-corrected chi connectivity index (χ2v) is 3.97. The normalized spacial score (nSPS) is 10.6. The molecule has 0 saturated heterocycles. The average molecular weight is 208 g/mol. The van der Waals surface area contributed by atoms with Crippen molar-refractivity contribution in [3.05, 3.63) is 28.6 Å². The number of hydrogen-bond donors (Lipinski definition) is 2. The van der Waals surface area contributed by atoms with E-state index >= 15 is 0 Å². The number of aromatic carboxylic acids is 1. The molecule has 0 bridgehead atoms. The fourth-order valence-corrected chi connectivity index (χ4v) is 2.46. The van der Waals surface area contributed by atoms with E-state index in [2.05, 4.69) is 0 Å². The standard InChI is InChI=1S/C10H8O3S/c1-5-2-6(11)3-7-8(10(12)13)4-14-9(5)7/h2-4,11H,1H3,(H,12,13). The van der Waals surface area contributed by atoms with Gasteiger partial charge in [-0.1, -0.05) is 0 Å². The molecule has 1 heterocycles. The Kier molecular flexibility index (Phi) is 1.93. The minimum Gasteiger partial charge on any atom is -0.508 e. The molecule has 0 fully saturated rings. The molecule has 0 unspecified atom stereocenters. The summed E-state index contributed by atoms with van der Waals surface area (Å²) in [7, 11) is 0. The number of aromatic hydroxyl groups is 1. The SMILES string of the molecule is Cc1cc(O)cc2c(C(=O)O)csc12. The predicted octanol–water partition coefficient (Wildman–Crippen LogP) is 2.61. The largest absolute Gasteiger partial charge is 0.508 e. The Labute approximate surface area is 84.2 Å². The van der Waals surface area contributed by atoms with Crippen LogP contribution in [-0.4, -0.2) is 16.2 Å². The minimum atomic E-state index is -0.957. The predicted molar refractivity (Wildman–Crippen MR) is 55.2 cm³/mol. The van der Waals surface area contributed by atoms with Crippen LogP contribution in [0.3, 0.4) is 0 Å². The molecular formula is C10H8O3S. The van der Waals surface area contributed by atoms with Gasteiger partial charge in [0.15, 0.2) is 0 Å². The van der Waals surface area contributed by atoms with Crippen LogP contribution in [-0.2, 0) is 0 Å². The zero-order valence-corrected chi connectivity index (χ0v) is 8.26. The van der Waals surface area contributed by atoms with Crippen LogP contribution in [0.5, 0.6) is 5.75 Å². The molecular weight excluding hydrogens is 200 g/mol. The van der Waals surface area contributed by atoms with Crippen LogP contribution in [0.25, 0.3) is 10.1 Å². The molecule has 1 aromatic heterocycles. The summed E-state index contributed by atoms with van der Waals surface area (Å²) in [4.78, 5) is 10.8. The first-order valence-electron chi connectivity index (χ1n) is 4.03. The van der Waals surface area contributed by atoms with Gasteiger partial charge in [-0.3, -0.25) is 0 Å². The van der Waals surface area contributed by atoms with Gasteiger partial charge in [0.05, 0.1) is 5.56 Å². The summed E-state index contributed by atoms with van der Waals surface area (Å²) in [6.07, 6.45) is 0. The van der Waals surface area contributed by atoms with E-state index in [4.69, 9.17) is 5.11 Å². The molecule has 3 nitrogen and oxygen atoms in total. The zero-order chi connectivity index (χ0) is 10.3. The Morgan fingerprint density at radius 3 is 2.79 bits per heavy atom. The highest BCUT2D eigenvalue weighted by atomic mass is 32.1. The number of rotatable bonds is 1. The van der Waals surface area contributed by atoms with Crippen molar-refractivity contribution in [2.45, 2.75) is 6.92 Å². The van der Waals surface area contributed by atoms with Crippen LogP contribution in [0.15, 0.2) is 17.5 Å². The quantitative estimate of drug-likeness (QED) is 0.757. The summed E-state index contributed by atoms with van der Waals surface area (Å²) in [5, 5.41) is 20.4. The van der Waals surface area contributed by atoms with Crippen molar-refractivity contribution in [1.29, 1.82) is 0 Å². The lowest BCUT2D eigenvalue weighted by Gasteiger charge is -1.98. The summed E-state index contributed by atoms with van der Waals surface area (Å²) in [6.45, 7) is 1.85. The number of hydrogen-bond acceptors (Lipinski definition) is 3. The molecule has 1 aromatic carbocycles. The van der Waals surface area contributed by atoms with Gasteiger partial charge in [-0.25, -0.2) is 4.79 Å². The maximum Gasteiger partial charge on any atom is 0.337 e. The van der Waals surface area contributed by atoms with E-state index < -0.39 is 5.97 Å². The lowest BCUT2D eigenvalue weighted by molar-refractivity contribution is 0.0699. The van der Waals surface area contributed by atoms with E-state index in [0.717, 1.165) is 10.3 Å². The third-order valence-electron chi connectivity index (χ3n) is 2.07. The third-order valence-corrected chi connectivity index (χ3v) is 3.21. The van der Waals surface area contributed by atoms with Crippen molar-refractivity contribution in [2.24, 2.45) is 0 Å². The van der Waals surface area contributed by atoms with E-state index in [1.54, 1.807) is 11.4 Å². The van der Waals surface area contributed by atoms with Gasteiger partial charge in [0, 0.05) is 15.5 Å². The van der Waals surface area contributed by atoms with E-state index in [1.165, 1.54) is 17.4 Å². The molecule has 0 radical (unpaired) electrons. The Morgan fingerprint density at radius 2 is 2.14 bits per heavy atom. The summed E-state index contributed by atoms with van der Waals surface area (Å²) in [5.41, 5.74) is 1.15. The lowest BCUT2D eigenvalue weighted by Crippen LogP contribution is -1.93. The first kappa shape index (κ1) is 9.02. The van der Waals surface area contributed by atoms with Crippen LogP contribution in [0, 0.1) is 6.92 Å². The van der Waals surface area contributed by atoms with Gasteiger partial charge in [0.25, 0.3) is 0 Å². The zero-order valence-electron chi connectivity index (χ0n) is 7.44. The molecule has 14 heavy (non-hydrogen) atoms. The van der Waals surface area contributed by atoms with Crippen molar-refractivity contribution in [1.82, 2.24) is 0 Å². The highest BCUT2D eigenvalue weighted by Crippen LogP contribution is 2.32. The van der Waals surface area contributed by atoms with Gasteiger partial charge in [-0.2, -0.15) is 0 Å². The molecule has 0 atom stereocenters. The van der Waals surface area contributed by atoms with Crippen LogP contribution in [0.2, 0.25) is 0 Å². The summed E-state index contributed by atoms with van der Waals surface area (Å²) >= 11 is 1.39. The fourth-order valence-electron chi connectivity index (χ4n) is 1.46. The van der Waals surface area contributed by atoms with Gasteiger partial charge >= 0.3 is 5.97 Å². The van der Waals surface area contributed by atoms with E-state index in [1.807, 2.05) is 6.92 Å². The molecule has 0 amide bonds. The number of carboxylic acid groups (broad SMARTS) is 1. The first-order chi connectivity index (χ1) is 6.59. The Balaban J connectivity index is 2.85. The molecule has 0 aliphatic carbocycles. The third kappa shape index (κ3) is 1.24. The van der Waals surface area contributed by atoms with Gasteiger partial charge in [-0.15, -0.1) is 11.3 Å². The Hall–Kier alpha value is -1.55. The highest BCUT2D eigenvalue weighted by Gasteiger charge is 2.12. The molecule has 2 aromatic rings. The van der Waals surface area contributed by atoms with Gasteiger partial charge in [-0.05, 0) is 24.6 Å². The van der Waals surface area contributed by atoms with Crippen LogP contribution < -0.4 is 0 Å². The van der Waals surface area contributed by atoms with Crippen molar-refractivity contribution in [2.75, 3.05) is 0 Å². The number of phenolic OH excluding ortho intramolecular Hbond substituents is 1. The number of aryl methyl sites for hydroxylation is 1. The molecule has 0 aliphatic heterocycles. The number of thiophene rings is 1. The molecule has 2 N–H and O–H groups in total. The molecule has 4 heteroatoms. The van der Waals surface area contributed by atoms with Crippen LogP contribution >= 0.6 is 11.3 Å². The number of benzene rings is 1. The number of phenols is 1. The molecule has 72 valence electrons. The summed E-state index contributed by atoms with van der Waals surface area (Å²) in [5.74, 6) is -0.850. The lowest BCUT2D eigenvalue weighted by atomic mass is 10.1. The smallest absolute Gasteiger partial charge is 0.337 e. The Bertz CT molecular complexity index is 513. The van der Waals surface area contributed by atoms with Crippen molar-refractivity contribution in [3.63, 3.8) is 0 Å². The molecule has 0 saturated carbocycles. The maximum absolute atomic E-state index is 10.8. The highest BCUT2D eigenvalue weighted by molar-refractivity contribution is 7.17. The number of carboxylic acids is 1. The molecule has 0 spiro atoms. The average Bonchev–Trinajstić information content (AvgIpc) is 2.47. The second-order valence-electron chi connectivity index (χ2n) is 3.09. The Morgan fingerprint density at radius 1 is 1.43 bits per heavy atom. The second kappa shape index (κ2) is 2.99. The van der Waals surface area contributed by atoms with E-state index in [0.29, 0.717) is 5.39 Å². The topological polar surface area (TPSA) is 57.5 Å². The first-order valence-corrected chi connectivity index (χ1v) is 4.91. The monoisotopic (exact) mass is 208 g/mol. The van der Waals surface area contributed by atoms with Gasteiger partial charge in [0.1, 0.15) is 5.75 Å². The fraction of sp³-hybridized carbons (Fsp3) is 0.100. The minimum absolute atomic E-state index is 0.107. The van der Waals surface area contributed by atoms with Gasteiger partial charge < -0.3 is 10.2 Å². The van der Waals surface area contributed by atoms with Crippen LogP contribution in [0.1, 0.15) is 15.9 Å². The van der Waals surface area contributed by atoms with E-state index in [-0.39, 0.29) is 11.3 Å².